The summed E-state index contributed by atoms with van der Waals surface area (Å²) >= 11 is 6.72. The Morgan fingerprint density at radius 3 is 2.74 bits per heavy atom. The summed E-state index contributed by atoms with van der Waals surface area (Å²) in [5.41, 5.74) is 3.10. The topological polar surface area (TPSA) is 101 Å². The van der Waals surface area contributed by atoms with E-state index in [0.717, 1.165) is 70.9 Å². The number of epoxide rings is 1. The Bertz CT molecular complexity index is 1740. The van der Waals surface area contributed by atoms with Gasteiger partial charge in [-0.15, -0.1) is 5.92 Å². The summed E-state index contributed by atoms with van der Waals surface area (Å²) in [5, 5.41) is 12.6. The van der Waals surface area contributed by atoms with Crippen molar-refractivity contribution in [2.24, 2.45) is 0 Å². The van der Waals surface area contributed by atoms with Crippen molar-refractivity contribution < 1.29 is 14.3 Å². The van der Waals surface area contributed by atoms with Gasteiger partial charge >= 0.3 is 6.01 Å². The van der Waals surface area contributed by atoms with Crippen molar-refractivity contribution in [1.29, 1.82) is 5.26 Å². The highest BCUT2D eigenvalue weighted by Gasteiger charge is 2.48. The molecule has 0 spiro atoms. The Morgan fingerprint density at radius 1 is 1.11 bits per heavy atom. The lowest BCUT2D eigenvalue weighted by molar-refractivity contribution is -0.135. The number of halogens is 1. The number of likely N-dealkylation sites (tertiary alicyclic amines) is 1. The van der Waals surface area contributed by atoms with Crippen LogP contribution in [0.2, 0.25) is 5.02 Å². The lowest BCUT2D eigenvalue weighted by Crippen LogP contribution is -2.57. The Kier molecular flexibility index (Phi) is 8.61. The minimum atomic E-state index is -0.547. The molecule has 3 fully saturated rings. The molecule has 4 aliphatic rings. The average molecular weight is 640 g/mol. The molecule has 1 amide bonds. The van der Waals surface area contributed by atoms with Crippen LogP contribution in [0.1, 0.15) is 37.4 Å². The molecule has 1 aromatic heterocycles. The van der Waals surface area contributed by atoms with Crippen molar-refractivity contribution in [3.63, 3.8) is 0 Å². The van der Waals surface area contributed by atoms with E-state index in [0.29, 0.717) is 44.8 Å². The number of hydrogen-bond donors (Lipinski definition) is 0. The largest absolute Gasteiger partial charge is 0.462 e. The molecule has 11 heteroatoms. The van der Waals surface area contributed by atoms with Crippen LogP contribution in [-0.2, 0) is 22.5 Å². The highest BCUT2D eigenvalue weighted by Crippen LogP contribution is 2.37. The number of nitrogens with zero attached hydrogens (tertiary/aromatic N) is 7. The monoisotopic (exact) mass is 639 g/mol. The number of ether oxygens (including phenoxy) is 2. The number of hydrogen-bond acceptors (Lipinski definition) is 9. The van der Waals surface area contributed by atoms with Crippen LogP contribution < -0.4 is 14.5 Å². The molecular weight excluding hydrogens is 602 g/mol. The van der Waals surface area contributed by atoms with E-state index in [1.807, 2.05) is 12.1 Å². The lowest BCUT2D eigenvalue weighted by atomic mass is 10.0. The van der Waals surface area contributed by atoms with Gasteiger partial charge in [0.15, 0.2) is 12.2 Å². The fourth-order valence-electron chi connectivity index (χ4n) is 7.15. The van der Waals surface area contributed by atoms with Crippen LogP contribution in [0, 0.1) is 23.2 Å². The number of rotatable bonds is 7. The van der Waals surface area contributed by atoms with Crippen molar-refractivity contribution in [2.75, 3.05) is 56.2 Å². The van der Waals surface area contributed by atoms with Crippen molar-refractivity contribution >= 4 is 39.8 Å². The molecular formula is C35H38ClN7O3. The first-order valence-electron chi connectivity index (χ1n) is 16.1. The molecule has 238 valence electrons. The van der Waals surface area contributed by atoms with Gasteiger partial charge in [0.25, 0.3) is 5.91 Å². The van der Waals surface area contributed by atoms with Gasteiger partial charge in [-0.3, -0.25) is 4.79 Å². The zero-order valence-electron chi connectivity index (χ0n) is 26.3. The number of piperazine rings is 1. The summed E-state index contributed by atoms with van der Waals surface area (Å²) in [6, 6.07) is 15.0. The maximum atomic E-state index is 13.3. The van der Waals surface area contributed by atoms with Crippen LogP contribution in [0.5, 0.6) is 6.01 Å². The molecule has 46 heavy (non-hydrogen) atoms. The van der Waals surface area contributed by atoms with Crippen LogP contribution in [-0.4, -0.2) is 96.3 Å². The summed E-state index contributed by atoms with van der Waals surface area (Å²) in [4.78, 5) is 32.0. The van der Waals surface area contributed by atoms with E-state index in [1.165, 1.54) is 0 Å². The SMILES string of the molecule is CC#C[C@H]1O[C@@H]1C(=O)N1CCN(c2nc(OC[C@@H]3CCCN3C)nc3c2CCN(c2cccc4cccc(Cl)c24)C3)C[C@@H]1CC#N. The van der Waals surface area contributed by atoms with Crippen LogP contribution in [0.15, 0.2) is 36.4 Å². The molecule has 2 aromatic carbocycles. The van der Waals surface area contributed by atoms with Gasteiger partial charge in [-0.05, 0) is 57.3 Å². The third-order valence-corrected chi connectivity index (χ3v) is 10.0. The highest BCUT2D eigenvalue weighted by molar-refractivity contribution is 6.36. The Morgan fingerprint density at radius 2 is 1.96 bits per heavy atom. The quantitative estimate of drug-likeness (QED) is 0.280. The van der Waals surface area contributed by atoms with Gasteiger partial charge < -0.3 is 29.1 Å². The number of carbonyl (C=O) groups is 1. The molecule has 5 heterocycles. The van der Waals surface area contributed by atoms with E-state index in [1.54, 1.807) is 11.8 Å². The number of aromatic nitrogens is 2. The number of fused-ring (bicyclic) bond motifs is 2. The minimum absolute atomic E-state index is 0.0912. The van der Waals surface area contributed by atoms with Crippen LogP contribution >= 0.6 is 11.6 Å². The van der Waals surface area contributed by atoms with Crippen molar-refractivity contribution in [1.82, 2.24) is 19.8 Å². The molecule has 3 aromatic rings. The highest BCUT2D eigenvalue weighted by atomic mass is 35.5. The van der Waals surface area contributed by atoms with Gasteiger partial charge in [-0.1, -0.05) is 41.8 Å². The normalized spacial score (nSPS) is 24.3. The van der Waals surface area contributed by atoms with Gasteiger partial charge in [0, 0.05) is 48.9 Å². The fraction of sp³-hybridized carbons (Fsp3) is 0.486. The Labute approximate surface area is 274 Å². The van der Waals surface area contributed by atoms with E-state index in [4.69, 9.17) is 31.0 Å². The smallest absolute Gasteiger partial charge is 0.318 e. The molecule has 4 atom stereocenters. The number of anilines is 2. The van der Waals surface area contributed by atoms with E-state index in [9.17, 15) is 10.1 Å². The van der Waals surface area contributed by atoms with Gasteiger partial charge in [0.2, 0.25) is 0 Å². The second kappa shape index (κ2) is 13.0. The Hall–Kier alpha value is -4.09. The van der Waals surface area contributed by atoms with Gasteiger partial charge in [-0.2, -0.15) is 15.2 Å². The predicted molar refractivity (Wildman–Crippen MR) is 177 cm³/mol. The van der Waals surface area contributed by atoms with Crippen molar-refractivity contribution in [3.8, 4) is 23.9 Å². The van der Waals surface area contributed by atoms with Crippen molar-refractivity contribution in [3.05, 3.63) is 52.7 Å². The lowest BCUT2D eigenvalue weighted by Gasteiger charge is -2.42. The summed E-state index contributed by atoms with van der Waals surface area (Å²) < 4.78 is 11.9. The predicted octanol–water partition coefficient (Wildman–Crippen LogP) is 4.04. The first-order chi connectivity index (χ1) is 22.4. The zero-order valence-corrected chi connectivity index (χ0v) is 27.0. The standard InChI is InChI=1S/C35H38ClN7O3/c1-3-7-30-32(46-30)34(44)43-19-18-42(20-24(43)13-15-37)33-26-14-17-41(29-12-5-9-23-8-4-11-27(36)31(23)29)21-28(26)38-35(39-33)45-22-25-10-6-16-40(25)2/h4-5,8-9,11-12,24-25,30,32H,6,10,13-14,16-22H2,1-2H3/t24-,25-,30+,32-/m0/s1. The average Bonchev–Trinajstić information content (AvgIpc) is 3.72. The van der Waals surface area contributed by atoms with Gasteiger partial charge in [-0.25, -0.2) is 0 Å². The summed E-state index contributed by atoms with van der Waals surface area (Å²) in [6.45, 7) is 6.25. The van der Waals surface area contributed by atoms with Gasteiger partial charge in [0.05, 0.1) is 35.8 Å². The number of carbonyl (C=O) groups excluding carboxylic acids is 1. The second-order valence-corrected chi connectivity index (χ2v) is 12.9. The summed E-state index contributed by atoms with van der Waals surface area (Å²) in [6.07, 6.45) is 2.31. The summed E-state index contributed by atoms with van der Waals surface area (Å²) in [7, 11) is 2.13. The number of amides is 1. The molecule has 3 saturated heterocycles. The molecule has 0 bridgehead atoms. The zero-order chi connectivity index (χ0) is 31.8. The van der Waals surface area contributed by atoms with Crippen LogP contribution in [0.25, 0.3) is 10.8 Å². The third kappa shape index (κ3) is 5.93. The van der Waals surface area contributed by atoms with E-state index >= 15 is 0 Å². The first-order valence-corrected chi connectivity index (χ1v) is 16.5. The fourth-order valence-corrected chi connectivity index (χ4v) is 7.43. The molecule has 0 radical (unpaired) electrons. The molecule has 10 nitrogen and oxygen atoms in total. The third-order valence-electron chi connectivity index (χ3n) is 9.69. The van der Waals surface area contributed by atoms with Gasteiger partial charge in [0.1, 0.15) is 12.4 Å². The maximum absolute atomic E-state index is 13.3. The molecule has 4 aliphatic heterocycles. The first kappa shape index (κ1) is 30.6. The molecule has 0 unspecified atom stereocenters. The van der Waals surface area contributed by atoms with Crippen molar-refractivity contribution in [2.45, 2.75) is 63.4 Å². The second-order valence-electron chi connectivity index (χ2n) is 12.5. The van der Waals surface area contributed by atoms with Crippen LogP contribution in [0.3, 0.4) is 0 Å². The number of likely N-dealkylation sites (N-methyl/N-ethyl adjacent to an activating group) is 1. The minimum Gasteiger partial charge on any atom is -0.462 e. The molecule has 0 saturated carbocycles. The molecule has 0 aliphatic carbocycles. The molecule has 0 N–H and O–H groups in total. The van der Waals surface area contributed by atoms with E-state index in [-0.39, 0.29) is 24.5 Å². The number of benzene rings is 2. The maximum Gasteiger partial charge on any atom is 0.318 e. The van der Waals surface area contributed by atoms with Crippen LogP contribution in [0.4, 0.5) is 11.5 Å². The summed E-state index contributed by atoms with van der Waals surface area (Å²) in [5.74, 6) is 6.51. The van der Waals surface area contributed by atoms with E-state index in [2.05, 4.69) is 63.9 Å². The number of nitriles is 1. The Balaban J connectivity index is 1.19. The molecule has 7 rings (SSSR count). The van der Waals surface area contributed by atoms with E-state index < -0.39 is 6.10 Å².